The smallest absolute Gasteiger partial charge is 0.270 e. The number of nitriles is 1. The summed E-state index contributed by atoms with van der Waals surface area (Å²) in [4.78, 5) is 10.2. The largest absolute Gasteiger partial charge is 0.384 e. The Balaban J connectivity index is 2.03. The number of hydrogen-bond donors (Lipinski definition) is 2. The van der Waals surface area contributed by atoms with Gasteiger partial charge < -0.3 is 10.6 Å². The molecule has 6 nitrogen and oxygen atoms in total. The van der Waals surface area contributed by atoms with Gasteiger partial charge in [-0.3, -0.25) is 10.1 Å². The minimum absolute atomic E-state index is 0.0542. The molecule has 0 bridgehead atoms. The summed E-state index contributed by atoms with van der Waals surface area (Å²) in [5, 5.41) is 26.2. The molecule has 1 atom stereocenters. The average molecular weight is 260 g/mol. The van der Waals surface area contributed by atoms with Crippen LogP contribution in [-0.4, -0.2) is 24.6 Å². The summed E-state index contributed by atoms with van der Waals surface area (Å²) in [6, 6.07) is 6.33. The number of anilines is 1. The summed E-state index contributed by atoms with van der Waals surface area (Å²) in [6.45, 7) is 2.82. The molecule has 1 aromatic rings. The molecule has 0 amide bonds. The van der Waals surface area contributed by atoms with Crippen LogP contribution in [0.2, 0.25) is 0 Å². The van der Waals surface area contributed by atoms with Crippen molar-refractivity contribution in [3.63, 3.8) is 0 Å². The van der Waals surface area contributed by atoms with Crippen molar-refractivity contribution in [2.45, 2.75) is 12.8 Å². The van der Waals surface area contributed by atoms with Crippen LogP contribution in [0.15, 0.2) is 18.2 Å². The summed E-state index contributed by atoms with van der Waals surface area (Å²) in [6.07, 6.45) is 2.33. The number of nitro benzene ring substituents is 1. The molecule has 0 radical (unpaired) electrons. The lowest BCUT2D eigenvalue weighted by Crippen LogP contribution is -2.33. The fraction of sp³-hybridized carbons (Fsp3) is 0.462. The minimum atomic E-state index is -0.490. The Morgan fingerprint density at radius 2 is 2.42 bits per heavy atom. The zero-order valence-corrected chi connectivity index (χ0v) is 10.6. The van der Waals surface area contributed by atoms with E-state index in [0.717, 1.165) is 32.5 Å². The van der Waals surface area contributed by atoms with Gasteiger partial charge in [-0.1, -0.05) is 0 Å². The van der Waals surface area contributed by atoms with Crippen LogP contribution in [0.1, 0.15) is 18.4 Å². The number of benzene rings is 1. The van der Waals surface area contributed by atoms with Crippen LogP contribution in [0.3, 0.4) is 0 Å². The van der Waals surface area contributed by atoms with E-state index in [1.165, 1.54) is 12.1 Å². The van der Waals surface area contributed by atoms with Crippen LogP contribution in [0.5, 0.6) is 0 Å². The Bertz CT molecular complexity index is 504. The maximum absolute atomic E-state index is 10.7. The lowest BCUT2D eigenvalue weighted by molar-refractivity contribution is -0.384. The van der Waals surface area contributed by atoms with Crippen molar-refractivity contribution in [2.24, 2.45) is 5.92 Å². The molecule has 19 heavy (non-hydrogen) atoms. The van der Waals surface area contributed by atoms with Gasteiger partial charge in [0.05, 0.1) is 16.2 Å². The summed E-state index contributed by atoms with van der Waals surface area (Å²) in [7, 11) is 0. The van der Waals surface area contributed by atoms with Gasteiger partial charge in [0.15, 0.2) is 0 Å². The third kappa shape index (κ3) is 3.42. The highest BCUT2D eigenvalue weighted by molar-refractivity contribution is 5.61. The quantitative estimate of drug-likeness (QED) is 0.637. The van der Waals surface area contributed by atoms with Crippen molar-refractivity contribution in [3.05, 3.63) is 33.9 Å². The second kappa shape index (κ2) is 6.16. The SMILES string of the molecule is N#Cc1cc([N+](=O)[O-])ccc1NCC1CCCNC1. The van der Waals surface area contributed by atoms with E-state index >= 15 is 0 Å². The van der Waals surface area contributed by atoms with Gasteiger partial charge >= 0.3 is 0 Å². The molecule has 0 saturated carbocycles. The molecule has 2 N–H and O–H groups in total. The third-order valence-electron chi connectivity index (χ3n) is 3.31. The van der Waals surface area contributed by atoms with Crippen LogP contribution >= 0.6 is 0 Å². The fourth-order valence-corrected chi connectivity index (χ4v) is 2.24. The molecule has 2 rings (SSSR count). The van der Waals surface area contributed by atoms with Crippen LogP contribution < -0.4 is 10.6 Å². The van der Waals surface area contributed by atoms with Gasteiger partial charge in [0.1, 0.15) is 6.07 Å². The maximum atomic E-state index is 10.7. The van der Waals surface area contributed by atoms with E-state index in [9.17, 15) is 10.1 Å². The molecule has 6 heteroatoms. The van der Waals surface area contributed by atoms with Crippen molar-refractivity contribution >= 4 is 11.4 Å². The lowest BCUT2D eigenvalue weighted by atomic mass is 9.99. The Morgan fingerprint density at radius 1 is 1.58 bits per heavy atom. The van der Waals surface area contributed by atoms with Crippen molar-refractivity contribution in [1.29, 1.82) is 5.26 Å². The fourth-order valence-electron chi connectivity index (χ4n) is 2.24. The highest BCUT2D eigenvalue weighted by Gasteiger charge is 2.14. The zero-order valence-electron chi connectivity index (χ0n) is 10.6. The van der Waals surface area contributed by atoms with Crippen LogP contribution in [-0.2, 0) is 0 Å². The minimum Gasteiger partial charge on any atom is -0.384 e. The number of nitrogens with zero attached hydrogens (tertiary/aromatic N) is 2. The predicted molar refractivity (Wildman–Crippen MR) is 71.9 cm³/mol. The number of piperidine rings is 1. The third-order valence-corrected chi connectivity index (χ3v) is 3.31. The molecule has 1 fully saturated rings. The highest BCUT2D eigenvalue weighted by Crippen LogP contribution is 2.22. The second-order valence-electron chi connectivity index (χ2n) is 4.69. The summed E-state index contributed by atoms with van der Waals surface area (Å²) >= 11 is 0. The van der Waals surface area contributed by atoms with E-state index in [2.05, 4.69) is 10.6 Å². The van der Waals surface area contributed by atoms with E-state index in [-0.39, 0.29) is 5.69 Å². The van der Waals surface area contributed by atoms with Crippen molar-refractivity contribution in [1.82, 2.24) is 5.32 Å². The molecule has 1 unspecified atom stereocenters. The molecular formula is C13H16N4O2. The number of nitrogens with one attached hydrogen (secondary N) is 2. The zero-order chi connectivity index (χ0) is 13.7. The van der Waals surface area contributed by atoms with Gasteiger partial charge in [0, 0.05) is 18.7 Å². The summed E-state index contributed by atoms with van der Waals surface area (Å²) < 4.78 is 0. The van der Waals surface area contributed by atoms with Gasteiger partial charge in [0.25, 0.3) is 5.69 Å². The number of non-ortho nitro benzene ring substituents is 1. The summed E-state index contributed by atoms with van der Waals surface area (Å²) in [5.41, 5.74) is 0.929. The van der Waals surface area contributed by atoms with E-state index in [4.69, 9.17) is 5.26 Å². The molecule has 1 aromatic carbocycles. The van der Waals surface area contributed by atoms with Gasteiger partial charge in [0.2, 0.25) is 0 Å². The number of nitro groups is 1. The Morgan fingerprint density at radius 3 is 3.05 bits per heavy atom. The topological polar surface area (TPSA) is 91.0 Å². The van der Waals surface area contributed by atoms with Gasteiger partial charge in [-0.15, -0.1) is 0 Å². The first-order valence-electron chi connectivity index (χ1n) is 6.34. The molecule has 1 saturated heterocycles. The van der Waals surface area contributed by atoms with Crippen molar-refractivity contribution in [3.8, 4) is 6.07 Å². The maximum Gasteiger partial charge on any atom is 0.270 e. The standard InChI is InChI=1S/C13H16N4O2/c14-7-11-6-12(17(18)19)3-4-13(11)16-9-10-2-1-5-15-8-10/h3-4,6,10,15-16H,1-2,5,8-9H2. The number of rotatable bonds is 4. The molecule has 0 spiro atoms. The first-order chi connectivity index (χ1) is 9.20. The van der Waals surface area contributed by atoms with Crippen LogP contribution in [0.4, 0.5) is 11.4 Å². The first kappa shape index (κ1) is 13.3. The molecular weight excluding hydrogens is 244 g/mol. The van der Waals surface area contributed by atoms with E-state index in [1.54, 1.807) is 6.07 Å². The Hall–Kier alpha value is -2.13. The Kier molecular flexibility index (Phi) is 4.31. The predicted octanol–water partition coefficient (Wildman–Crippen LogP) is 1.88. The molecule has 100 valence electrons. The van der Waals surface area contributed by atoms with Crippen molar-refractivity contribution < 1.29 is 4.92 Å². The Labute approximate surface area is 111 Å². The van der Waals surface area contributed by atoms with Crippen LogP contribution in [0.25, 0.3) is 0 Å². The normalized spacial score (nSPS) is 18.6. The summed E-state index contributed by atoms with van der Waals surface area (Å²) in [5.74, 6) is 0.537. The highest BCUT2D eigenvalue weighted by atomic mass is 16.6. The monoisotopic (exact) mass is 260 g/mol. The molecule has 1 heterocycles. The van der Waals surface area contributed by atoms with Gasteiger partial charge in [-0.2, -0.15) is 5.26 Å². The van der Waals surface area contributed by atoms with E-state index < -0.39 is 4.92 Å². The van der Waals surface area contributed by atoms with E-state index in [0.29, 0.717) is 17.2 Å². The lowest BCUT2D eigenvalue weighted by Gasteiger charge is -2.23. The molecule has 1 aliphatic heterocycles. The average Bonchev–Trinajstić information content (AvgIpc) is 2.45. The van der Waals surface area contributed by atoms with Crippen LogP contribution in [0, 0.1) is 27.4 Å². The van der Waals surface area contributed by atoms with Gasteiger partial charge in [-0.05, 0) is 37.9 Å². The molecule has 0 aromatic heterocycles. The molecule has 1 aliphatic rings. The van der Waals surface area contributed by atoms with E-state index in [1.807, 2.05) is 6.07 Å². The van der Waals surface area contributed by atoms with Gasteiger partial charge in [-0.25, -0.2) is 0 Å². The molecule has 0 aliphatic carbocycles. The van der Waals surface area contributed by atoms with Crippen molar-refractivity contribution in [2.75, 3.05) is 25.0 Å². The first-order valence-corrected chi connectivity index (χ1v) is 6.34. The second-order valence-corrected chi connectivity index (χ2v) is 4.69. The number of hydrogen-bond acceptors (Lipinski definition) is 5.